The molecule has 0 bridgehead atoms. The zero-order valence-corrected chi connectivity index (χ0v) is 10.6. The molecule has 17 heavy (non-hydrogen) atoms. The Bertz CT molecular complexity index is 689. The fourth-order valence-electron chi connectivity index (χ4n) is 1.60. The van der Waals surface area contributed by atoms with E-state index in [0.717, 1.165) is 16.3 Å². The first kappa shape index (κ1) is 10.5. The number of halogens is 1. The lowest BCUT2D eigenvalue weighted by Crippen LogP contribution is -2.00. The van der Waals surface area contributed by atoms with E-state index in [1.807, 2.05) is 18.2 Å². The van der Waals surface area contributed by atoms with Gasteiger partial charge in [0, 0.05) is 5.69 Å². The third-order valence-electron chi connectivity index (χ3n) is 2.55. The van der Waals surface area contributed by atoms with Gasteiger partial charge in [0.05, 0.1) is 11.9 Å². The van der Waals surface area contributed by atoms with Gasteiger partial charge in [-0.3, -0.25) is 4.40 Å². The van der Waals surface area contributed by atoms with Crippen molar-refractivity contribution in [1.29, 1.82) is 0 Å². The van der Waals surface area contributed by atoms with E-state index in [1.54, 1.807) is 6.20 Å². The van der Waals surface area contributed by atoms with E-state index in [1.165, 1.54) is 11.5 Å². The van der Waals surface area contributed by atoms with Crippen LogP contribution in [-0.2, 0) is 0 Å². The molecule has 3 heterocycles. The maximum absolute atomic E-state index is 6.05. The number of fused-ring (bicyclic) bond motifs is 1. The molecule has 3 rings (SSSR count). The van der Waals surface area contributed by atoms with Crippen molar-refractivity contribution < 1.29 is 0 Å². The molecular weight excluding hydrogens is 260 g/mol. The average molecular weight is 267 g/mol. The lowest BCUT2D eigenvalue weighted by atomic mass is 10.3. The van der Waals surface area contributed by atoms with Gasteiger partial charge in [-0.05, 0) is 25.4 Å². The van der Waals surface area contributed by atoms with Crippen LogP contribution in [0.1, 0.15) is 11.4 Å². The van der Waals surface area contributed by atoms with Crippen molar-refractivity contribution in [2.24, 2.45) is 0 Å². The summed E-state index contributed by atoms with van der Waals surface area (Å²) in [5, 5.41) is 12.3. The van der Waals surface area contributed by atoms with Crippen molar-refractivity contribution in [3.05, 3.63) is 22.7 Å². The van der Waals surface area contributed by atoms with E-state index in [0.29, 0.717) is 16.6 Å². The number of nitrogens with zero attached hydrogens (tertiary/aromatic N) is 6. The molecule has 0 aliphatic rings. The second-order valence-electron chi connectivity index (χ2n) is 3.54. The fraction of sp³-hybridized carbons (Fsp3) is 0.222. The van der Waals surface area contributed by atoms with Crippen molar-refractivity contribution >= 4 is 28.8 Å². The van der Waals surface area contributed by atoms with Gasteiger partial charge in [0.2, 0.25) is 0 Å². The number of aromatic nitrogens is 6. The topological polar surface area (TPSA) is 68.9 Å². The van der Waals surface area contributed by atoms with E-state index in [2.05, 4.69) is 24.8 Å². The molecule has 0 aliphatic heterocycles. The Morgan fingerprint density at radius 2 is 2.12 bits per heavy atom. The monoisotopic (exact) mass is 266 g/mol. The molecule has 86 valence electrons. The number of rotatable bonds is 1. The van der Waals surface area contributed by atoms with Crippen LogP contribution >= 0.6 is 23.1 Å². The van der Waals surface area contributed by atoms with Crippen LogP contribution in [0.15, 0.2) is 6.20 Å². The van der Waals surface area contributed by atoms with Crippen LogP contribution in [0.25, 0.3) is 16.3 Å². The van der Waals surface area contributed by atoms with Gasteiger partial charge < -0.3 is 0 Å². The molecule has 0 unspecified atom stereocenters. The highest BCUT2D eigenvalue weighted by Crippen LogP contribution is 2.25. The third kappa shape index (κ3) is 1.50. The normalized spacial score (nSPS) is 11.2. The van der Waals surface area contributed by atoms with Crippen molar-refractivity contribution in [3.63, 3.8) is 0 Å². The Hall–Kier alpha value is -1.60. The minimum atomic E-state index is 0.351. The van der Waals surface area contributed by atoms with Crippen LogP contribution in [0.2, 0.25) is 5.15 Å². The second-order valence-corrected chi connectivity index (χ2v) is 4.68. The van der Waals surface area contributed by atoms with Crippen molar-refractivity contribution in [2.75, 3.05) is 0 Å². The van der Waals surface area contributed by atoms with Gasteiger partial charge in [-0.2, -0.15) is 0 Å². The van der Waals surface area contributed by atoms with Gasteiger partial charge in [0.25, 0.3) is 0 Å². The summed E-state index contributed by atoms with van der Waals surface area (Å²) in [5.41, 5.74) is 2.36. The van der Waals surface area contributed by atoms with Crippen molar-refractivity contribution in [1.82, 2.24) is 29.2 Å². The van der Waals surface area contributed by atoms with Crippen LogP contribution in [0.3, 0.4) is 0 Å². The highest BCUT2D eigenvalue weighted by molar-refractivity contribution is 7.09. The van der Waals surface area contributed by atoms with Crippen molar-refractivity contribution in [2.45, 2.75) is 13.8 Å². The summed E-state index contributed by atoms with van der Waals surface area (Å²) in [6.07, 6.45) is 1.66. The fourth-order valence-corrected chi connectivity index (χ4v) is 2.34. The van der Waals surface area contributed by atoms with E-state index in [4.69, 9.17) is 11.6 Å². The minimum absolute atomic E-state index is 0.351. The van der Waals surface area contributed by atoms with Crippen molar-refractivity contribution in [3.8, 4) is 10.7 Å². The standard InChI is InChI=1S/C9H7ClN6S/c1-4-5(2)16-8(6-3-11-15-17-6)13-14-9(16)7(10)12-4/h3H,1-2H3. The predicted octanol–water partition coefficient (Wildman–Crippen LogP) is 1.91. The first-order valence-corrected chi connectivity index (χ1v) is 5.99. The van der Waals surface area contributed by atoms with E-state index in [9.17, 15) is 0 Å². The van der Waals surface area contributed by atoms with Crippen LogP contribution < -0.4 is 0 Å². The molecule has 8 heteroatoms. The highest BCUT2D eigenvalue weighted by Gasteiger charge is 2.16. The summed E-state index contributed by atoms with van der Waals surface area (Å²) in [7, 11) is 0. The molecule has 0 fully saturated rings. The minimum Gasteiger partial charge on any atom is -0.274 e. The van der Waals surface area contributed by atoms with Gasteiger partial charge in [-0.25, -0.2) is 4.98 Å². The summed E-state index contributed by atoms with van der Waals surface area (Å²) >= 11 is 7.31. The summed E-state index contributed by atoms with van der Waals surface area (Å²) in [4.78, 5) is 5.06. The van der Waals surface area contributed by atoms with Gasteiger partial charge in [0.1, 0.15) is 4.88 Å². The van der Waals surface area contributed by atoms with Crippen LogP contribution in [-0.4, -0.2) is 29.2 Å². The van der Waals surface area contributed by atoms with Crippen LogP contribution in [0, 0.1) is 13.8 Å². The lowest BCUT2D eigenvalue weighted by Gasteiger charge is -2.05. The molecule has 0 amide bonds. The summed E-state index contributed by atoms with van der Waals surface area (Å²) in [6.45, 7) is 3.85. The summed E-state index contributed by atoms with van der Waals surface area (Å²) in [6, 6.07) is 0. The average Bonchev–Trinajstić information content (AvgIpc) is 2.94. The molecule has 0 radical (unpaired) electrons. The Balaban J connectivity index is 2.42. The Morgan fingerprint density at radius 1 is 1.29 bits per heavy atom. The second kappa shape index (κ2) is 3.71. The smallest absolute Gasteiger partial charge is 0.199 e. The molecular formula is C9H7ClN6S. The third-order valence-corrected chi connectivity index (χ3v) is 3.47. The first-order valence-electron chi connectivity index (χ1n) is 4.84. The zero-order valence-electron chi connectivity index (χ0n) is 9.05. The molecule has 3 aromatic heterocycles. The maximum Gasteiger partial charge on any atom is 0.199 e. The van der Waals surface area contributed by atoms with Gasteiger partial charge in [0.15, 0.2) is 16.6 Å². The quantitative estimate of drug-likeness (QED) is 0.673. The molecule has 3 aromatic rings. The number of hydrogen-bond acceptors (Lipinski definition) is 6. The molecule has 6 nitrogen and oxygen atoms in total. The highest BCUT2D eigenvalue weighted by atomic mass is 35.5. The van der Waals surface area contributed by atoms with E-state index < -0.39 is 0 Å². The van der Waals surface area contributed by atoms with Gasteiger partial charge >= 0.3 is 0 Å². The maximum atomic E-state index is 6.05. The predicted molar refractivity (Wildman–Crippen MR) is 64.2 cm³/mol. The molecule has 0 saturated heterocycles. The Morgan fingerprint density at radius 3 is 2.82 bits per heavy atom. The Labute approximate surface area is 105 Å². The summed E-state index contributed by atoms with van der Waals surface area (Å²) < 4.78 is 5.70. The largest absolute Gasteiger partial charge is 0.274 e. The SMILES string of the molecule is Cc1nc(Cl)c2nnc(-c3cnns3)n2c1C. The first-order chi connectivity index (χ1) is 8.18. The lowest BCUT2D eigenvalue weighted by molar-refractivity contribution is 1.00. The van der Waals surface area contributed by atoms with Gasteiger partial charge in [-0.1, -0.05) is 16.1 Å². The van der Waals surface area contributed by atoms with Crippen LogP contribution in [0.5, 0.6) is 0 Å². The number of hydrogen-bond donors (Lipinski definition) is 0. The summed E-state index contributed by atoms with van der Waals surface area (Å²) in [5.74, 6) is 0.694. The van der Waals surface area contributed by atoms with Gasteiger partial charge in [-0.15, -0.1) is 15.3 Å². The number of aryl methyl sites for hydroxylation is 2. The molecule has 0 atom stereocenters. The molecule has 0 spiro atoms. The molecule has 0 aliphatic carbocycles. The Kier molecular flexibility index (Phi) is 2.30. The zero-order chi connectivity index (χ0) is 12.0. The molecule has 0 aromatic carbocycles. The molecule has 0 N–H and O–H groups in total. The van der Waals surface area contributed by atoms with Crippen LogP contribution in [0.4, 0.5) is 0 Å². The van der Waals surface area contributed by atoms with E-state index in [-0.39, 0.29) is 0 Å². The molecule has 0 saturated carbocycles. The van der Waals surface area contributed by atoms with E-state index >= 15 is 0 Å².